The molecule has 0 N–H and O–H groups in total. The number of unbranched alkanes of at least 4 members (excludes halogenated alkanes) is 7. The minimum atomic E-state index is -0.264. The number of benzene rings is 1. The van der Waals surface area contributed by atoms with Gasteiger partial charge in [-0.15, -0.1) is 0 Å². The fourth-order valence-electron chi connectivity index (χ4n) is 6.32. The van der Waals surface area contributed by atoms with Crippen molar-refractivity contribution in [1.82, 2.24) is 9.97 Å². The normalized spacial score (nSPS) is 23.1. The molecule has 1 heterocycles. The zero-order valence-electron chi connectivity index (χ0n) is 22.7. The molecule has 4 heteroatoms. The standard InChI is InChI=1S/C32H46N2O2/c1-3-5-7-8-9-10-12-26-24-33-29(34-25-26)27-13-15-28(16-14-27)36-30(35)32-21-18-31(19-22-32,20-23-32)17-11-6-4-2/h13-16,24-25H,3-12,17-23H2,1-2H3. The number of aryl methyl sites for hydroxylation is 1. The summed E-state index contributed by atoms with van der Waals surface area (Å²) in [7, 11) is 0. The molecule has 0 radical (unpaired) electrons. The third kappa shape index (κ3) is 6.75. The number of hydrogen-bond donors (Lipinski definition) is 0. The van der Waals surface area contributed by atoms with Crippen LogP contribution in [0.1, 0.15) is 122 Å². The molecule has 2 bridgehead atoms. The lowest BCUT2D eigenvalue weighted by Gasteiger charge is -2.52. The Bertz CT molecular complexity index is 927. The molecule has 36 heavy (non-hydrogen) atoms. The van der Waals surface area contributed by atoms with Crippen molar-refractivity contribution >= 4 is 5.97 Å². The summed E-state index contributed by atoms with van der Waals surface area (Å²) < 4.78 is 5.91. The average molecular weight is 491 g/mol. The number of hydrogen-bond acceptors (Lipinski definition) is 4. The average Bonchev–Trinajstić information content (AvgIpc) is 2.92. The lowest BCUT2D eigenvalue weighted by Crippen LogP contribution is -2.47. The van der Waals surface area contributed by atoms with Gasteiger partial charge in [-0.25, -0.2) is 9.97 Å². The van der Waals surface area contributed by atoms with Gasteiger partial charge in [0.1, 0.15) is 5.75 Å². The van der Waals surface area contributed by atoms with Gasteiger partial charge >= 0.3 is 5.97 Å². The number of esters is 1. The van der Waals surface area contributed by atoms with E-state index in [1.807, 2.05) is 36.7 Å². The van der Waals surface area contributed by atoms with E-state index in [9.17, 15) is 4.79 Å². The summed E-state index contributed by atoms with van der Waals surface area (Å²) in [5.74, 6) is 1.33. The van der Waals surface area contributed by atoms with E-state index < -0.39 is 0 Å². The quantitative estimate of drug-likeness (QED) is 0.151. The maximum atomic E-state index is 13.2. The van der Waals surface area contributed by atoms with Gasteiger partial charge in [0.15, 0.2) is 5.82 Å². The topological polar surface area (TPSA) is 52.1 Å². The van der Waals surface area contributed by atoms with Crippen LogP contribution in [-0.2, 0) is 11.2 Å². The molecule has 3 saturated carbocycles. The zero-order valence-corrected chi connectivity index (χ0v) is 22.7. The summed E-state index contributed by atoms with van der Waals surface area (Å²) in [6, 6.07) is 7.70. The van der Waals surface area contributed by atoms with Crippen molar-refractivity contribution in [3.63, 3.8) is 0 Å². The first-order chi connectivity index (χ1) is 17.6. The summed E-state index contributed by atoms with van der Waals surface area (Å²) in [6.45, 7) is 4.52. The zero-order chi connectivity index (χ0) is 25.3. The summed E-state index contributed by atoms with van der Waals surface area (Å²) in [5.41, 5.74) is 2.39. The summed E-state index contributed by atoms with van der Waals surface area (Å²) >= 11 is 0. The highest BCUT2D eigenvalue weighted by molar-refractivity contribution is 5.79. The van der Waals surface area contributed by atoms with E-state index in [0.717, 1.165) is 37.1 Å². The molecule has 0 saturated heterocycles. The van der Waals surface area contributed by atoms with E-state index in [4.69, 9.17) is 4.74 Å². The predicted octanol–water partition coefficient (Wildman–Crippen LogP) is 8.87. The summed E-state index contributed by atoms with van der Waals surface area (Å²) in [4.78, 5) is 22.4. The Morgan fingerprint density at radius 2 is 1.36 bits per heavy atom. The third-order valence-corrected chi connectivity index (χ3v) is 8.99. The first kappa shape index (κ1) is 26.8. The van der Waals surface area contributed by atoms with E-state index >= 15 is 0 Å². The van der Waals surface area contributed by atoms with Crippen molar-refractivity contribution in [3.8, 4) is 17.1 Å². The Balaban J connectivity index is 1.25. The van der Waals surface area contributed by atoms with Crippen LogP contribution in [0.3, 0.4) is 0 Å². The van der Waals surface area contributed by atoms with E-state index in [1.165, 1.54) is 89.0 Å². The number of carbonyl (C=O) groups excluding carboxylic acids is 1. The molecule has 3 aliphatic carbocycles. The molecule has 3 fully saturated rings. The van der Waals surface area contributed by atoms with Gasteiger partial charge in [-0.2, -0.15) is 0 Å². The molecular weight excluding hydrogens is 444 g/mol. The molecule has 0 amide bonds. The second-order valence-corrected chi connectivity index (χ2v) is 11.6. The number of nitrogens with zero attached hydrogens (tertiary/aromatic N) is 2. The minimum absolute atomic E-state index is 0.0209. The third-order valence-electron chi connectivity index (χ3n) is 8.99. The van der Waals surface area contributed by atoms with Crippen LogP contribution < -0.4 is 4.74 Å². The van der Waals surface area contributed by atoms with Crippen molar-refractivity contribution in [2.24, 2.45) is 10.8 Å². The molecule has 3 aliphatic rings. The summed E-state index contributed by atoms with van der Waals surface area (Å²) in [5, 5.41) is 0. The maximum absolute atomic E-state index is 13.2. The smallest absolute Gasteiger partial charge is 0.317 e. The maximum Gasteiger partial charge on any atom is 0.317 e. The van der Waals surface area contributed by atoms with Crippen molar-refractivity contribution < 1.29 is 9.53 Å². The molecule has 0 spiro atoms. The minimum Gasteiger partial charge on any atom is -0.426 e. The van der Waals surface area contributed by atoms with Gasteiger partial charge in [0, 0.05) is 18.0 Å². The Labute approximate surface area is 218 Å². The fraction of sp³-hybridized carbons (Fsp3) is 0.656. The van der Waals surface area contributed by atoms with Crippen LogP contribution in [0.5, 0.6) is 5.75 Å². The predicted molar refractivity (Wildman–Crippen MR) is 147 cm³/mol. The molecule has 0 unspecified atom stereocenters. The van der Waals surface area contributed by atoms with Crippen molar-refractivity contribution in [1.29, 1.82) is 0 Å². The van der Waals surface area contributed by atoms with Crippen LogP contribution in [-0.4, -0.2) is 15.9 Å². The van der Waals surface area contributed by atoms with E-state index in [0.29, 0.717) is 11.2 Å². The molecular formula is C32H46N2O2. The number of rotatable bonds is 14. The molecule has 4 nitrogen and oxygen atoms in total. The van der Waals surface area contributed by atoms with Crippen LogP contribution in [0.15, 0.2) is 36.7 Å². The molecule has 0 atom stereocenters. The number of aromatic nitrogens is 2. The van der Waals surface area contributed by atoms with Gasteiger partial charge in [-0.05, 0) is 93.0 Å². The van der Waals surface area contributed by atoms with Gasteiger partial charge in [-0.1, -0.05) is 65.2 Å². The second-order valence-electron chi connectivity index (χ2n) is 11.6. The van der Waals surface area contributed by atoms with Crippen molar-refractivity contribution in [3.05, 3.63) is 42.2 Å². The lowest BCUT2D eigenvalue weighted by molar-refractivity contribution is -0.156. The molecule has 1 aromatic carbocycles. The van der Waals surface area contributed by atoms with Gasteiger partial charge in [-0.3, -0.25) is 4.79 Å². The highest BCUT2D eigenvalue weighted by atomic mass is 16.5. The highest BCUT2D eigenvalue weighted by Gasteiger charge is 2.52. The second kappa shape index (κ2) is 12.8. The largest absolute Gasteiger partial charge is 0.426 e. The van der Waals surface area contributed by atoms with Gasteiger partial charge in [0.05, 0.1) is 5.41 Å². The number of fused-ring (bicyclic) bond motifs is 3. The van der Waals surface area contributed by atoms with E-state index in [1.54, 1.807) is 0 Å². The van der Waals surface area contributed by atoms with E-state index in [2.05, 4.69) is 23.8 Å². The van der Waals surface area contributed by atoms with Crippen molar-refractivity contribution in [2.75, 3.05) is 0 Å². The first-order valence-corrected chi connectivity index (χ1v) is 14.7. The fourth-order valence-corrected chi connectivity index (χ4v) is 6.32. The lowest BCUT2D eigenvalue weighted by atomic mass is 9.52. The Morgan fingerprint density at radius 1 is 0.778 bits per heavy atom. The van der Waals surface area contributed by atoms with E-state index in [-0.39, 0.29) is 11.4 Å². The van der Waals surface area contributed by atoms with Crippen LogP contribution in [0.4, 0.5) is 0 Å². The SMILES string of the molecule is CCCCCCCCc1cnc(-c2ccc(OC(=O)C34CCC(CCCCC)(CC3)CC4)cc2)nc1. The molecule has 5 rings (SSSR count). The van der Waals surface area contributed by atoms with Crippen LogP contribution in [0.2, 0.25) is 0 Å². The monoisotopic (exact) mass is 490 g/mol. The summed E-state index contributed by atoms with van der Waals surface area (Å²) in [6.07, 6.45) is 24.6. The molecule has 1 aromatic heterocycles. The van der Waals surface area contributed by atoms with Crippen LogP contribution >= 0.6 is 0 Å². The Morgan fingerprint density at radius 3 is 2.00 bits per heavy atom. The Kier molecular flexibility index (Phi) is 9.56. The van der Waals surface area contributed by atoms with Crippen LogP contribution in [0.25, 0.3) is 11.4 Å². The molecule has 0 aliphatic heterocycles. The highest BCUT2D eigenvalue weighted by Crippen LogP contribution is 2.59. The van der Waals surface area contributed by atoms with Crippen molar-refractivity contribution in [2.45, 2.75) is 123 Å². The van der Waals surface area contributed by atoms with Gasteiger partial charge in [0.2, 0.25) is 0 Å². The number of ether oxygens (including phenoxy) is 1. The van der Waals surface area contributed by atoms with Gasteiger partial charge < -0.3 is 4.74 Å². The van der Waals surface area contributed by atoms with Crippen LogP contribution in [0, 0.1) is 10.8 Å². The molecule has 2 aromatic rings. The number of carbonyl (C=O) groups is 1. The Hall–Kier alpha value is -2.23. The first-order valence-electron chi connectivity index (χ1n) is 14.7. The molecule has 196 valence electrons. The van der Waals surface area contributed by atoms with Gasteiger partial charge in [0.25, 0.3) is 0 Å².